The number of nitrogens with zero attached hydrogens (tertiary/aromatic N) is 1. The van der Waals surface area contributed by atoms with Crippen LogP contribution < -0.4 is 10.1 Å². The minimum absolute atomic E-state index is 0.151. The second-order valence-electron chi connectivity index (χ2n) is 5.79. The summed E-state index contributed by atoms with van der Waals surface area (Å²) in [6, 6.07) is 4.89. The van der Waals surface area contributed by atoms with Crippen molar-refractivity contribution in [1.82, 2.24) is 10.2 Å². The van der Waals surface area contributed by atoms with Crippen molar-refractivity contribution in [3.63, 3.8) is 0 Å². The number of carboxylic acids is 1. The van der Waals surface area contributed by atoms with Crippen LogP contribution in [0.1, 0.15) is 31.4 Å². The molecule has 1 aromatic rings. The van der Waals surface area contributed by atoms with E-state index in [1.54, 1.807) is 26.1 Å². The standard InChI is InChI=1S/C16H21ClN2O4/c1-10(15(20)21)9-19(2)16(22)18-13-4-3-7-23-14-8-11(17)5-6-12(13)14/h5-6,8,10,13H,3-4,7,9H2,1-2H3,(H,18,22)(H,20,21). The molecule has 2 rings (SSSR count). The summed E-state index contributed by atoms with van der Waals surface area (Å²) in [5.41, 5.74) is 0.889. The second kappa shape index (κ2) is 7.55. The van der Waals surface area contributed by atoms with Gasteiger partial charge in [-0.2, -0.15) is 0 Å². The molecule has 7 heteroatoms. The molecule has 2 N–H and O–H groups in total. The van der Waals surface area contributed by atoms with Crippen LogP contribution in [0.15, 0.2) is 18.2 Å². The number of nitrogens with one attached hydrogen (secondary N) is 1. The maximum absolute atomic E-state index is 12.3. The molecule has 0 spiro atoms. The quantitative estimate of drug-likeness (QED) is 0.883. The van der Waals surface area contributed by atoms with Crippen LogP contribution in [0, 0.1) is 5.92 Å². The third-order valence-electron chi connectivity index (χ3n) is 3.86. The van der Waals surface area contributed by atoms with Gasteiger partial charge < -0.3 is 20.1 Å². The minimum Gasteiger partial charge on any atom is -0.493 e. The van der Waals surface area contributed by atoms with Gasteiger partial charge in [0, 0.05) is 24.2 Å². The fourth-order valence-electron chi connectivity index (χ4n) is 2.53. The Bertz CT molecular complexity index is 593. The number of carbonyl (C=O) groups is 2. The first-order valence-corrected chi connectivity index (χ1v) is 7.93. The molecule has 1 aliphatic heterocycles. The third-order valence-corrected chi connectivity index (χ3v) is 4.09. The summed E-state index contributed by atoms with van der Waals surface area (Å²) in [6.07, 6.45) is 1.56. The lowest BCUT2D eigenvalue weighted by molar-refractivity contribution is -0.141. The van der Waals surface area contributed by atoms with Crippen molar-refractivity contribution >= 4 is 23.6 Å². The highest BCUT2D eigenvalue weighted by Crippen LogP contribution is 2.33. The smallest absolute Gasteiger partial charge is 0.317 e. The predicted molar refractivity (Wildman–Crippen MR) is 86.9 cm³/mol. The summed E-state index contributed by atoms with van der Waals surface area (Å²) in [6.45, 7) is 2.30. The van der Waals surface area contributed by atoms with Gasteiger partial charge in [-0.25, -0.2) is 4.79 Å². The van der Waals surface area contributed by atoms with Crippen molar-refractivity contribution in [1.29, 1.82) is 0 Å². The lowest BCUT2D eigenvalue weighted by atomic mass is 10.0. The molecule has 2 atom stereocenters. The normalized spacial score (nSPS) is 18.1. The molecule has 1 heterocycles. The molecular formula is C16H21ClN2O4. The number of fused-ring (bicyclic) bond motifs is 1. The first-order valence-electron chi connectivity index (χ1n) is 7.55. The van der Waals surface area contributed by atoms with Gasteiger partial charge in [0.15, 0.2) is 0 Å². The molecule has 0 saturated carbocycles. The number of aliphatic carboxylic acids is 1. The molecule has 0 fully saturated rings. The van der Waals surface area contributed by atoms with E-state index >= 15 is 0 Å². The number of amides is 2. The van der Waals surface area contributed by atoms with Crippen molar-refractivity contribution in [3.05, 3.63) is 28.8 Å². The van der Waals surface area contributed by atoms with Gasteiger partial charge in [-0.15, -0.1) is 0 Å². The van der Waals surface area contributed by atoms with Gasteiger partial charge in [0.2, 0.25) is 0 Å². The molecule has 0 aliphatic carbocycles. The molecule has 2 amide bonds. The number of ether oxygens (including phenoxy) is 1. The Morgan fingerprint density at radius 3 is 2.96 bits per heavy atom. The Morgan fingerprint density at radius 1 is 1.52 bits per heavy atom. The highest BCUT2D eigenvalue weighted by molar-refractivity contribution is 6.30. The molecule has 23 heavy (non-hydrogen) atoms. The van der Waals surface area contributed by atoms with Gasteiger partial charge in [-0.1, -0.05) is 24.6 Å². The highest BCUT2D eigenvalue weighted by atomic mass is 35.5. The van der Waals surface area contributed by atoms with Crippen molar-refractivity contribution in [2.45, 2.75) is 25.8 Å². The Balaban J connectivity index is 2.07. The summed E-state index contributed by atoms with van der Waals surface area (Å²) >= 11 is 5.99. The molecule has 1 aromatic carbocycles. The molecule has 2 unspecified atom stereocenters. The summed E-state index contributed by atoms with van der Waals surface area (Å²) in [4.78, 5) is 24.6. The Hall–Kier alpha value is -1.95. The van der Waals surface area contributed by atoms with Gasteiger partial charge in [0.25, 0.3) is 0 Å². The van der Waals surface area contributed by atoms with Gasteiger partial charge in [0.05, 0.1) is 18.6 Å². The van der Waals surface area contributed by atoms with Gasteiger partial charge >= 0.3 is 12.0 Å². The van der Waals surface area contributed by atoms with Crippen molar-refractivity contribution < 1.29 is 19.4 Å². The number of carbonyl (C=O) groups excluding carboxylic acids is 1. The number of rotatable bonds is 4. The zero-order valence-electron chi connectivity index (χ0n) is 13.2. The molecule has 6 nitrogen and oxygen atoms in total. The lowest BCUT2D eigenvalue weighted by Gasteiger charge is -2.24. The molecular weight excluding hydrogens is 320 g/mol. The van der Waals surface area contributed by atoms with E-state index in [9.17, 15) is 9.59 Å². The Morgan fingerprint density at radius 2 is 2.26 bits per heavy atom. The van der Waals surface area contributed by atoms with Crippen molar-refractivity contribution in [2.24, 2.45) is 5.92 Å². The zero-order valence-corrected chi connectivity index (χ0v) is 14.0. The van der Waals surface area contributed by atoms with Crippen LogP contribution in [0.5, 0.6) is 5.75 Å². The van der Waals surface area contributed by atoms with E-state index < -0.39 is 11.9 Å². The van der Waals surface area contributed by atoms with E-state index in [0.29, 0.717) is 17.4 Å². The van der Waals surface area contributed by atoms with Crippen LogP contribution in [0.3, 0.4) is 0 Å². The van der Waals surface area contributed by atoms with E-state index in [4.69, 9.17) is 21.4 Å². The monoisotopic (exact) mass is 340 g/mol. The Labute approximate surface area is 140 Å². The van der Waals surface area contributed by atoms with Gasteiger partial charge in [-0.05, 0) is 25.0 Å². The molecule has 126 valence electrons. The van der Waals surface area contributed by atoms with Crippen LogP contribution in [-0.4, -0.2) is 42.2 Å². The molecule has 0 saturated heterocycles. The minimum atomic E-state index is -0.924. The van der Waals surface area contributed by atoms with Crippen molar-refractivity contribution in [3.8, 4) is 5.75 Å². The number of benzene rings is 1. The van der Waals surface area contributed by atoms with Crippen molar-refractivity contribution in [2.75, 3.05) is 20.2 Å². The molecule has 0 bridgehead atoms. The fourth-order valence-corrected chi connectivity index (χ4v) is 2.69. The van der Waals surface area contributed by atoms with Gasteiger partial charge in [-0.3, -0.25) is 4.79 Å². The summed E-state index contributed by atoms with van der Waals surface area (Å²) in [5, 5.41) is 12.5. The number of hydrogen-bond donors (Lipinski definition) is 2. The number of urea groups is 1. The Kier molecular flexibility index (Phi) is 5.71. The van der Waals surface area contributed by atoms with Crippen LogP contribution in [0.4, 0.5) is 4.79 Å². The first-order chi connectivity index (χ1) is 10.9. The molecule has 1 aliphatic rings. The van der Waals surface area contributed by atoms with Gasteiger partial charge in [0.1, 0.15) is 5.75 Å². The average Bonchev–Trinajstić information content (AvgIpc) is 2.68. The SMILES string of the molecule is CC(CN(C)C(=O)NC1CCCOc2cc(Cl)ccc21)C(=O)O. The van der Waals surface area contributed by atoms with Crippen LogP contribution in [-0.2, 0) is 4.79 Å². The number of carboxylic acid groups (broad SMARTS) is 1. The lowest BCUT2D eigenvalue weighted by Crippen LogP contribution is -2.42. The largest absolute Gasteiger partial charge is 0.493 e. The van der Waals surface area contributed by atoms with E-state index in [1.807, 2.05) is 6.07 Å². The van der Waals surface area contributed by atoms with Crippen LogP contribution in [0.2, 0.25) is 5.02 Å². The number of halogens is 1. The number of hydrogen-bond acceptors (Lipinski definition) is 3. The van der Waals surface area contributed by atoms with Crippen LogP contribution in [0.25, 0.3) is 0 Å². The maximum atomic E-state index is 12.3. The van der Waals surface area contributed by atoms with Crippen LogP contribution >= 0.6 is 11.6 Å². The third kappa shape index (κ3) is 4.51. The zero-order chi connectivity index (χ0) is 17.0. The summed E-state index contributed by atoms with van der Waals surface area (Å²) < 4.78 is 5.67. The average molecular weight is 341 g/mol. The summed E-state index contributed by atoms with van der Waals surface area (Å²) in [7, 11) is 1.59. The highest BCUT2D eigenvalue weighted by Gasteiger charge is 2.24. The van der Waals surface area contributed by atoms with E-state index in [0.717, 1.165) is 18.4 Å². The predicted octanol–water partition coefficient (Wildman–Crippen LogP) is 2.92. The fraction of sp³-hybridized carbons (Fsp3) is 0.500. The topological polar surface area (TPSA) is 78.9 Å². The molecule has 0 aromatic heterocycles. The summed E-state index contributed by atoms with van der Waals surface area (Å²) in [5.74, 6) is -0.858. The maximum Gasteiger partial charge on any atom is 0.317 e. The van der Waals surface area contributed by atoms with E-state index in [-0.39, 0.29) is 18.6 Å². The first kappa shape index (κ1) is 17.4. The molecule has 0 radical (unpaired) electrons. The van der Waals surface area contributed by atoms with E-state index in [1.165, 1.54) is 4.90 Å². The van der Waals surface area contributed by atoms with E-state index in [2.05, 4.69) is 5.32 Å². The second-order valence-corrected chi connectivity index (χ2v) is 6.23.